The number of amides is 1. The molecular weight excluding hydrogens is 434 g/mol. The lowest BCUT2D eigenvalue weighted by molar-refractivity contribution is 0.0818. The number of hydrogen-bond acceptors (Lipinski definition) is 4. The van der Waals surface area contributed by atoms with E-state index in [1.807, 2.05) is 12.1 Å². The van der Waals surface area contributed by atoms with Gasteiger partial charge in [0, 0.05) is 21.3 Å². The molecule has 1 N–H and O–H groups in total. The number of hydrogen-bond donors (Lipinski definition) is 1. The highest BCUT2D eigenvalue weighted by Gasteiger charge is 2.17. The summed E-state index contributed by atoms with van der Waals surface area (Å²) in [4.78, 5) is 24.8. The summed E-state index contributed by atoms with van der Waals surface area (Å²) >= 11 is 3.35. The van der Waals surface area contributed by atoms with Crippen molar-refractivity contribution in [2.24, 2.45) is 0 Å². The van der Waals surface area contributed by atoms with Gasteiger partial charge in [0.25, 0.3) is 5.91 Å². The summed E-state index contributed by atoms with van der Waals surface area (Å²) in [7, 11) is 1.58. The molecule has 0 heterocycles. The molecule has 29 heavy (non-hydrogen) atoms. The third kappa shape index (κ3) is 5.45. The van der Waals surface area contributed by atoms with Gasteiger partial charge >= 0.3 is 0 Å². The van der Waals surface area contributed by atoms with Crippen molar-refractivity contribution in [1.82, 2.24) is 0 Å². The molecule has 6 heteroatoms. The second-order valence-electron chi connectivity index (χ2n) is 6.34. The van der Waals surface area contributed by atoms with Crippen LogP contribution >= 0.6 is 15.9 Å². The van der Waals surface area contributed by atoms with Crippen molar-refractivity contribution in [1.29, 1.82) is 0 Å². The first-order valence-electron chi connectivity index (χ1n) is 8.98. The number of ether oxygens (including phenoxy) is 2. The number of nitrogens with one attached hydrogen (secondary N) is 1. The van der Waals surface area contributed by atoms with Crippen LogP contribution in [0.3, 0.4) is 0 Å². The summed E-state index contributed by atoms with van der Waals surface area (Å²) in [5, 5.41) is 2.83. The number of ketones is 1. The first-order chi connectivity index (χ1) is 14.0. The van der Waals surface area contributed by atoms with Crippen LogP contribution in [0.5, 0.6) is 11.5 Å². The van der Waals surface area contributed by atoms with Crippen LogP contribution in [0.15, 0.2) is 77.3 Å². The van der Waals surface area contributed by atoms with Crippen LogP contribution in [-0.2, 0) is 0 Å². The fraction of sp³-hybridized carbons (Fsp3) is 0.130. The van der Waals surface area contributed by atoms with Gasteiger partial charge in [-0.15, -0.1) is 0 Å². The fourth-order valence-corrected chi connectivity index (χ4v) is 2.93. The standard InChI is InChI=1S/C23H20BrNO4/c1-15(22(26)16-5-11-20(28-2)12-6-16)29-21-13-9-19(10-14-21)25-23(27)17-3-7-18(24)8-4-17/h3-15H,1-2H3,(H,25,27). The van der Waals surface area contributed by atoms with Gasteiger partial charge in [0.15, 0.2) is 6.10 Å². The third-order valence-corrected chi connectivity index (χ3v) is 4.80. The van der Waals surface area contributed by atoms with Crippen molar-refractivity contribution in [3.8, 4) is 11.5 Å². The Bertz CT molecular complexity index is 983. The molecule has 0 aromatic heterocycles. The monoisotopic (exact) mass is 453 g/mol. The van der Waals surface area contributed by atoms with Crippen LogP contribution in [0, 0.1) is 0 Å². The zero-order chi connectivity index (χ0) is 20.8. The first kappa shape index (κ1) is 20.6. The lowest BCUT2D eigenvalue weighted by atomic mass is 10.1. The number of halogens is 1. The van der Waals surface area contributed by atoms with Gasteiger partial charge in [0.2, 0.25) is 5.78 Å². The molecule has 5 nitrogen and oxygen atoms in total. The first-order valence-corrected chi connectivity index (χ1v) is 9.77. The maximum Gasteiger partial charge on any atom is 0.255 e. The Labute approximate surface area is 177 Å². The molecular formula is C23H20BrNO4. The molecule has 0 aliphatic rings. The zero-order valence-corrected chi connectivity index (χ0v) is 17.6. The summed E-state index contributed by atoms with van der Waals surface area (Å²) in [5.41, 5.74) is 1.75. The molecule has 0 saturated carbocycles. The zero-order valence-electron chi connectivity index (χ0n) is 16.0. The van der Waals surface area contributed by atoms with Crippen LogP contribution in [-0.4, -0.2) is 24.9 Å². The molecule has 3 aromatic carbocycles. The minimum absolute atomic E-state index is 0.125. The predicted octanol–water partition coefficient (Wildman–Crippen LogP) is 5.36. The largest absolute Gasteiger partial charge is 0.497 e. The maximum atomic E-state index is 12.5. The van der Waals surface area contributed by atoms with E-state index in [1.165, 1.54) is 0 Å². The summed E-state index contributed by atoms with van der Waals surface area (Å²) in [6.45, 7) is 1.70. The molecule has 1 amide bonds. The second-order valence-corrected chi connectivity index (χ2v) is 7.25. The van der Waals surface area contributed by atoms with E-state index in [9.17, 15) is 9.59 Å². The summed E-state index contributed by atoms with van der Waals surface area (Å²) < 4.78 is 11.8. The molecule has 1 unspecified atom stereocenters. The topological polar surface area (TPSA) is 64.6 Å². The highest BCUT2D eigenvalue weighted by molar-refractivity contribution is 9.10. The van der Waals surface area contributed by atoms with Gasteiger partial charge in [-0.05, 0) is 79.7 Å². The summed E-state index contributed by atoms with van der Waals surface area (Å²) in [6, 6.07) is 20.9. The number of rotatable bonds is 7. The lowest BCUT2D eigenvalue weighted by Gasteiger charge is -2.14. The van der Waals surface area contributed by atoms with Crippen molar-refractivity contribution < 1.29 is 19.1 Å². The number of Topliss-reactive ketones (excluding diaryl/α,β-unsaturated/α-hetero) is 1. The van der Waals surface area contributed by atoms with Crippen LogP contribution in [0.2, 0.25) is 0 Å². The van der Waals surface area contributed by atoms with Crippen LogP contribution < -0.4 is 14.8 Å². The van der Waals surface area contributed by atoms with Gasteiger partial charge in [0.1, 0.15) is 11.5 Å². The highest BCUT2D eigenvalue weighted by Crippen LogP contribution is 2.20. The molecule has 3 aromatic rings. The third-order valence-electron chi connectivity index (χ3n) is 4.28. The smallest absolute Gasteiger partial charge is 0.255 e. The van der Waals surface area contributed by atoms with Gasteiger partial charge < -0.3 is 14.8 Å². The Hall–Kier alpha value is -3.12. The average molecular weight is 454 g/mol. The van der Waals surface area contributed by atoms with Crippen molar-refractivity contribution in [2.45, 2.75) is 13.0 Å². The number of methoxy groups -OCH3 is 1. The molecule has 0 aliphatic carbocycles. The maximum absolute atomic E-state index is 12.5. The molecule has 0 spiro atoms. The van der Waals surface area contributed by atoms with Crippen molar-refractivity contribution in [3.05, 3.63) is 88.4 Å². The minimum atomic E-state index is -0.647. The van der Waals surface area contributed by atoms with Crippen molar-refractivity contribution >= 4 is 33.3 Å². The number of carbonyl (C=O) groups is 2. The number of carbonyl (C=O) groups excluding carboxylic acids is 2. The quantitative estimate of drug-likeness (QED) is 0.489. The SMILES string of the molecule is COc1ccc(C(=O)C(C)Oc2ccc(NC(=O)c3ccc(Br)cc3)cc2)cc1. The average Bonchev–Trinajstić information content (AvgIpc) is 2.75. The Morgan fingerprint density at radius 3 is 1.97 bits per heavy atom. The van der Waals surface area contributed by atoms with Crippen LogP contribution in [0.4, 0.5) is 5.69 Å². The number of benzene rings is 3. The Morgan fingerprint density at radius 2 is 1.38 bits per heavy atom. The highest BCUT2D eigenvalue weighted by atomic mass is 79.9. The molecule has 3 rings (SSSR count). The van der Waals surface area contributed by atoms with Gasteiger partial charge in [-0.1, -0.05) is 15.9 Å². The fourth-order valence-electron chi connectivity index (χ4n) is 2.67. The van der Waals surface area contributed by atoms with Gasteiger partial charge in [-0.2, -0.15) is 0 Å². The van der Waals surface area contributed by atoms with E-state index in [-0.39, 0.29) is 11.7 Å². The van der Waals surface area contributed by atoms with Gasteiger partial charge in [0.05, 0.1) is 7.11 Å². The van der Waals surface area contributed by atoms with Crippen molar-refractivity contribution in [3.63, 3.8) is 0 Å². The Kier molecular flexibility index (Phi) is 6.67. The van der Waals surface area contributed by atoms with E-state index in [0.717, 1.165) is 4.47 Å². The minimum Gasteiger partial charge on any atom is -0.497 e. The lowest BCUT2D eigenvalue weighted by Crippen LogP contribution is -2.23. The molecule has 0 radical (unpaired) electrons. The number of anilines is 1. The van der Waals surface area contributed by atoms with Crippen molar-refractivity contribution in [2.75, 3.05) is 12.4 Å². The van der Waals surface area contributed by atoms with E-state index >= 15 is 0 Å². The summed E-state index contributed by atoms with van der Waals surface area (Å²) in [6.07, 6.45) is -0.647. The molecule has 148 valence electrons. The molecule has 0 bridgehead atoms. The second kappa shape index (κ2) is 9.39. The van der Waals surface area contributed by atoms with Gasteiger partial charge in [-0.25, -0.2) is 0 Å². The van der Waals surface area contributed by atoms with E-state index in [1.54, 1.807) is 74.7 Å². The van der Waals surface area contributed by atoms with Crippen LogP contribution in [0.25, 0.3) is 0 Å². The van der Waals surface area contributed by atoms with Gasteiger partial charge in [-0.3, -0.25) is 9.59 Å². The summed E-state index contributed by atoms with van der Waals surface area (Å²) in [5.74, 6) is 0.909. The van der Waals surface area contributed by atoms with Crippen LogP contribution in [0.1, 0.15) is 27.6 Å². The molecule has 0 saturated heterocycles. The predicted molar refractivity (Wildman–Crippen MR) is 116 cm³/mol. The normalized spacial score (nSPS) is 11.4. The Morgan fingerprint density at radius 1 is 0.828 bits per heavy atom. The molecule has 0 fully saturated rings. The molecule has 1 atom stereocenters. The molecule has 0 aliphatic heterocycles. The Balaban J connectivity index is 1.59. The van der Waals surface area contributed by atoms with E-state index < -0.39 is 6.10 Å². The van der Waals surface area contributed by atoms with E-state index in [2.05, 4.69) is 21.2 Å². The van der Waals surface area contributed by atoms with E-state index in [4.69, 9.17) is 9.47 Å². The van der Waals surface area contributed by atoms with E-state index in [0.29, 0.717) is 28.3 Å².